The van der Waals surface area contributed by atoms with Crippen LogP contribution in [0, 0.1) is 0 Å². The van der Waals surface area contributed by atoms with Gasteiger partial charge in [0.05, 0.1) is 18.2 Å². The van der Waals surface area contributed by atoms with E-state index in [4.69, 9.17) is 21.5 Å². The number of hydrogen-bond donors (Lipinski definition) is 2. The Morgan fingerprint density at radius 3 is 2.62 bits per heavy atom. The van der Waals surface area contributed by atoms with Gasteiger partial charge >= 0.3 is 0 Å². The highest BCUT2D eigenvalue weighted by Crippen LogP contribution is 2.30. The normalized spacial score (nSPS) is 14.8. The fourth-order valence-corrected chi connectivity index (χ4v) is 5.70. The monoisotopic (exact) mass is 538 g/mol. The van der Waals surface area contributed by atoms with Gasteiger partial charge in [0.2, 0.25) is 10.0 Å². The summed E-state index contributed by atoms with van der Waals surface area (Å²) in [4.78, 5) is 23.1. The number of halogens is 1. The molecule has 4 aromatic rings. The first-order valence-electron chi connectivity index (χ1n) is 12.0. The highest BCUT2D eigenvalue weighted by atomic mass is 35.5. The zero-order chi connectivity index (χ0) is 26.0. The Morgan fingerprint density at radius 1 is 1.08 bits per heavy atom. The summed E-state index contributed by atoms with van der Waals surface area (Å²) in [6, 6.07) is 13.5. The smallest absolute Gasteiger partial charge is 0.239 e. The Labute approximate surface area is 220 Å². The van der Waals surface area contributed by atoms with Gasteiger partial charge in [-0.3, -0.25) is 14.7 Å². The summed E-state index contributed by atoms with van der Waals surface area (Å²) in [5, 5.41) is 6.18. The molecule has 1 saturated heterocycles. The van der Waals surface area contributed by atoms with Crippen molar-refractivity contribution in [1.82, 2.24) is 14.9 Å². The standard InChI is InChI=1S/C27H27ClN4O4S/c28-24-6-4-20(16-26(24)37(29,34)35)27(33)19-3-5-22-23(17-31-25(22)15-19)18-7-8-30-21(14-18)2-1-9-32-10-12-36-13-11-32/h3-8,14-17,31H,1-2,9-13H2,(H2,29,34,35). The van der Waals surface area contributed by atoms with E-state index >= 15 is 0 Å². The fraction of sp³-hybridized carbons (Fsp3) is 0.259. The van der Waals surface area contributed by atoms with E-state index in [9.17, 15) is 13.2 Å². The third-order valence-corrected chi connectivity index (χ3v) is 7.97. The number of primary sulfonamides is 1. The van der Waals surface area contributed by atoms with Crippen LogP contribution in [0.2, 0.25) is 5.02 Å². The van der Waals surface area contributed by atoms with Crippen molar-refractivity contribution < 1.29 is 17.9 Å². The third-order valence-electron chi connectivity index (χ3n) is 6.58. The summed E-state index contributed by atoms with van der Waals surface area (Å²) in [7, 11) is -4.05. The number of morpholine rings is 1. The number of hydrogen-bond acceptors (Lipinski definition) is 6. The van der Waals surface area contributed by atoms with Crippen LogP contribution in [0.25, 0.3) is 22.0 Å². The second kappa shape index (κ2) is 10.7. The van der Waals surface area contributed by atoms with Gasteiger partial charge in [0.15, 0.2) is 5.78 Å². The second-order valence-electron chi connectivity index (χ2n) is 9.08. The molecular weight excluding hydrogens is 512 g/mol. The number of sulfonamides is 1. The predicted molar refractivity (Wildman–Crippen MR) is 143 cm³/mol. The number of nitrogens with zero attached hydrogens (tertiary/aromatic N) is 2. The minimum Gasteiger partial charge on any atom is -0.379 e. The van der Waals surface area contributed by atoms with Gasteiger partial charge in [-0.1, -0.05) is 23.7 Å². The summed E-state index contributed by atoms with van der Waals surface area (Å²) in [5.41, 5.74) is 4.52. The van der Waals surface area contributed by atoms with Crippen molar-refractivity contribution in [2.75, 3.05) is 32.8 Å². The molecule has 0 atom stereocenters. The number of aromatic nitrogens is 2. The molecule has 0 bridgehead atoms. The van der Waals surface area contributed by atoms with Gasteiger partial charge < -0.3 is 9.72 Å². The van der Waals surface area contributed by atoms with Gasteiger partial charge in [-0.15, -0.1) is 0 Å². The summed E-state index contributed by atoms with van der Waals surface area (Å²) in [6.45, 7) is 4.61. The maximum atomic E-state index is 13.1. The minimum absolute atomic E-state index is 0.0265. The van der Waals surface area contributed by atoms with Crippen molar-refractivity contribution in [1.29, 1.82) is 0 Å². The average Bonchev–Trinajstić information content (AvgIpc) is 3.32. The molecule has 1 fully saturated rings. The molecule has 3 heterocycles. The van der Waals surface area contributed by atoms with Crippen LogP contribution in [0.4, 0.5) is 0 Å². The van der Waals surface area contributed by atoms with E-state index in [2.05, 4.69) is 20.9 Å². The van der Waals surface area contributed by atoms with Gasteiger partial charge in [-0.25, -0.2) is 13.6 Å². The number of aromatic amines is 1. The van der Waals surface area contributed by atoms with E-state index < -0.39 is 10.0 Å². The number of ketones is 1. The van der Waals surface area contributed by atoms with E-state index in [-0.39, 0.29) is 21.3 Å². The van der Waals surface area contributed by atoms with Crippen LogP contribution in [0.5, 0.6) is 0 Å². The van der Waals surface area contributed by atoms with E-state index in [1.807, 2.05) is 24.5 Å². The fourth-order valence-electron chi connectivity index (χ4n) is 4.63. The first-order valence-corrected chi connectivity index (χ1v) is 14.0. The molecule has 0 unspecified atom stereocenters. The molecule has 3 N–H and O–H groups in total. The highest BCUT2D eigenvalue weighted by Gasteiger charge is 2.18. The Bertz CT molecular complexity index is 1560. The lowest BCUT2D eigenvalue weighted by molar-refractivity contribution is 0.0374. The minimum atomic E-state index is -4.05. The second-order valence-corrected chi connectivity index (χ2v) is 11.0. The number of pyridine rings is 1. The van der Waals surface area contributed by atoms with Crippen molar-refractivity contribution in [2.45, 2.75) is 17.7 Å². The van der Waals surface area contributed by atoms with E-state index in [1.54, 1.807) is 12.1 Å². The molecule has 5 rings (SSSR count). The van der Waals surface area contributed by atoms with Crippen LogP contribution < -0.4 is 5.14 Å². The molecule has 1 aliphatic rings. The quantitative estimate of drug-likeness (QED) is 0.327. The molecule has 2 aromatic carbocycles. The zero-order valence-corrected chi connectivity index (χ0v) is 21.7. The summed E-state index contributed by atoms with van der Waals surface area (Å²) in [5.74, 6) is -0.328. The van der Waals surface area contributed by atoms with Crippen LogP contribution >= 0.6 is 11.6 Å². The number of rotatable bonds is 8. The maximum Gasteiger partial charge on any atom is 0.239 e. The molecular formula is C27H27ClN4O4S. The third kappa shape index (κ3) is 5.76. The Morgan fingerprint density at radius 2 is 1.84 bits per heavy atom. The summed E-state index contributed by atoms with van der Waals surface area (Å²) < 4.78 is 29.0. The summed E-state index contributed by atoms with van der Waals surface area (Å²) in [6.07, 6.45) is 5.69. The SMILES string of the molecule is NS(=O)(=O)c1cc(C(=O)c2ccc3c(-c4ccnc(CCCN5CCOCC5)c4)c[nH]c3c2)ccc1Cl. The highest BCUT2D eigenvalue weighted by molar-refractivity contribution is 7.89. The Balaban J connectivity index is 1.35. The van der Waals surface area contributed by atoms with Crippen molar-refractivity contribution in [3.05, 3.63) is 82.8 Å². The van der Waals surface area contributed by atoms with Crippen LogP contribution in [0.1, 0.15) is 28.0 Å². The molecule has 0 saturated carbocycles. The van der Waals surface area contributed by atoms with Gasteiger partial charge in [0.1, 0.15) is 4.90 Å². The van der Waals surface area contributed by atoms with E-state index in [1.165, 1.54) is 18.2 Å². The molecule has 1 aliphatic heterocycles. The van der Waals surface area contributed by atoms with Gasteiger partial charge in [0.25, 0.3) is 0 Å². The van der Waals surface area contributed by atoms with Gasteiger partial charge in [-0.2, -0.15) is 0 Å². The van der Waals surface area contributed by atoms with Crippen LogP contribution in [0.15, 0.2) is 65.8 Å². The molecule has 2 aromatic heterocycles. The van der Waals surface area contributed by atoms with Gasteiger partial charge in [0, 0.05) is 58.8 Å². The van der Waals surface area contributed by atoms with E-state index in [0.29, 0.717) is 5.56 Å². The number of carbonyl (C=O) groups is 1. The largest absolute Gasteiger partial charge is 0.379 e. The number of carbonyl (C=O) groups excluding carboxylic acids is 1. The first-order chi connectivity index (χ1) is 17.8. The maximum absolute atomic E-state index is 13.1. The molecule has 0 amide bonds. The molecule has 37 heavy (non-hydrogen) atoms. The zero-order valence-electron chi connectivity index (χ0n) is 20.1. The molecule has 192 valence electrons. The first kappa shape index (κ1) is 25.6. The van der Waals surface area contributed by atoms with Crippen LogP contribution in [-0.4, -0.2) is 61.9 Å². The summed E-state index contributed by atoms with van der Waals surface area (Å²) >= 11 is 5.96. The molecule has 8 nitrogen and oxygen atoms in total. The number of H-pyrrole nitrogens is 1. The molecule has 0 aliphatic carbocycles. The number of benzene rings is 2. The lowest BCUT2D eigenvalue weighted by Gasteiger charge is -2.26. The van der Waals surface area contributed by atoms with E-state index in [0.717, 1.165) is 73.4 Å². The van der Waals surface area contributed by atoms with Gasteiger partial charge in [-0.05, 0) is 61.3 Å². The molecule has 10 heteroatoms. The molecule has 0 radical (unpaired) electrons. The number of fused-ring (bicyclic) bond motifs is 1. The topological polar surface area (TPSA) is 118 Å². The predicted octanol–water partition coefficient (Wildman–Crippen LogP) is 4.03. The lowest BCUT2D eigenvalue weighted by Crippen LogP contribution is -2.36. The number of ether oxygens (including phenoxy) is 1. The average molecular weight is 539 g/mol. The van der Waals surface area contributed by atoms with Crippen molar-refractivity contribution in [2.24, 2.45) is 5.14 Å². The lowest BCUT2D eigenvalue weighted by atomic mass is 9.99. The van der Waals surface area contributed by atoms with Crippen LogP contribution in [-0.2, 0) is 21.2 Å². The van der Waals surface area contributed by atoms with Crippen molar-refractivity contribution in [3.63, 3.8) is 0 Å². The molecule has 0 spiro atoms. The van der Waals surface area contributed by atoms with Crippen molar-refractivity contribution in [3.8, 4) is 11.1 Å². The Hall–Kier alpha value is -3.08. The number of nitrogens with one attached hydrogen (secondary N) is 1. The Kier molecular flexibility index (Phi) is 7.41. The number of aryl methyl sites for hydroxylation is 1. The van der Waals surface area contributed by atoms with Crippen LogP contribution in [0.3, 0.4) is 0 Å². The van der Waals surface area contributed by atoms with Crippen molar-refractivity contribution >= 4 is 38.3 Å². The number of nitrogens with two attached hydrogens (primary N) is 1.